The summed E-state index contributed by atoms with van der Waals surface area (Å²) in [5.74, 6) is 0.665. The lowest BCUT2D eigenvalue weighted by Crippen LogP contribution is -2.26. The quantitative estimate of drug-likeness (QED) is 0.563. The lowest BCUT2D eigenvalue weighted by Gasteiger charge is -2.15. The second kappa shape index (κ2) is 6.76. The molecule has 4 aromatic rings. The van der Waals surface area contributed by atoms with Crippen LogP contribution in [0, 0.1) is 6.92 Å². The van der Waals surface area contributed by atoms with Crippen LogP contribution in [0.1, 0.15) is 34.5 Å². The minimum atomic E-state index is -0.127. The molecule has 2 N–H and O–H groups in total. The number of carbonyl (C=O) groups is 1. The number of aryl methyl sites for hydroxylation is 1. The maximum absolute atomic E-state index is 12.7. The van der Waals surface area contributed by atoms with Gasteiger partial charge in [0, 0.05) is 28.0 Å². The highest BCUT2D eigenvalue weighted by Crippen LogP contribution is 2.28. The number of benzene rings is 2. The maximum atomic E-state index is 12.7. The van der Waals surface area contributed by atoms with E-state index >= 15 is 0 Å². The molecule has 5 nitrogen and oxygen atoms in total. The van der Waals surface area contributed by atoms with Gasteiger partial charge in [0.05, 0.1) is 24.9 Å². The summed E-state index contributed by atoms with van der Waals surface area (Å²) in [6, 6.07) is 13.3. The first-order valence-corrected chi connectivity index (χ1v) is 8.87. The molecule has 0 aliphatic carbocycles. The smallest absolute Gasteiger partial charge is 0.251 e. The first kappa shape index (κ1) is 17.1. The number of methoxy groups -OCH3 is 1. The van der Waals surface area contributed by atoms with Crippen LogP contribution in [-0.4, -0.2) is 23.0 Å². The molecule has 0 aliphatic heterocycles. The summed E-state index contributed by atoms with van der Waals surface area (Å²) in [6.45, 7) is 4.00. The number of aromatic amines is 1. The molecule has 1 atom stereocenters. The second-order valence-corrected chi connectivity index (χ2v) is 6.74. The van der Waals surface area contributed by atoms with Gasteiger partial charge in [-0.2, -0.15) is 0 Å². The highest BCUT2D eigenvalue weighted by atomic mass is 16.5. The molecule has 1 amide bonds. The molecule has 0 unspecified atom stereocenters. The first-order valence-electron chi connectivity index (χ1n) is 8.87. The summed E-state index contributed by atoms with van der Waals surface area (Å²) >= 11 is 0. The van der Waals surface area contributed by atoms with Crippen molar-refractivity contribution in [1.29, 1.82) is 0 Å². The number of amides is 1. The number of pyridine rings is 1. The van der Waals surface area contributed by atoms with Crippen molar-refractivity contribution in [3.63, 3.8) is 0 Å². The Labute approximate surface area is 157 Å². The monoisotopic (exact) mass is 359 g/mol. The number of rotatable bonds is 4. The Morgan fingerprint density at radius 3 is 2.81 bits per heavy atom. The fraction of sp³-hybridized carbons (Fsp3) is 0.182. The van der Waals surface area contributed by atoms with Gasteiger partial charge in [-0.05, 0) is 49.2 Å². The van der Waals surface area contributed by atoms with Gasteiger partial charge in [-0.25, -0.2) is 0 Å². The molecule has 2 aromatic carbocycles. The van der Waals surface area contributed by atoms with E-state index in [2.05, 4.69) is 15.3 Å². The third-order valence-electron chi connectivity index (χ3n) is 4.90. The topological polar surface area (TPSA) is 67.0 Å². The fourth-order valence-electron chi connectivity index (χ4n) is 3.44. The number of H-pyrrole nitrogens is 1. The Hall–Kier alpha value is -3.34. The lowest BCUT2D eigenvalue weighted by molar-refractivity contribution is 0.0940. The van der Waals surface area contributed by atoms with E-state index in [1.165, 1.54) is 0 Å². The molecule has 136 valence electrons. The molecule has 2 aromatic heterocycles. The zero-order valence-corrected chi connectivity index (χ0v) is 15.5. The van der Waals surface area contributed by atoms with E-state index in [1.54, 1.807) is 7.11 Å². The predicted molar refractivity (Wildman–Crippen MR) is 107 cm³/mol. The third kappa shape index (κ3) is 3.12. The number of fused-ring (bicyclic) bond motifs is 3. The zero-order valence-electron chi connectivity index (χ0n) is 15.5. The van der Waals surface area contributed by atoms with E-state index in [9.17, 15) is 4.79 Å². The number of ether oxygens (including phenoxy) is 1. The van der Waals surface area contributed by atoms with Gasteiger partial charge < -0.3 is 15.0 Å². The van der Waals surface area contributed by atoms with Gasteiger partial charge in [0.2, 0.25) is 0 Å². The largest absolute Gasteiger partial charge is 0.497 e. The number of aromatic nitrogens is 2. The summed E-state index contributed by atoms with van der Waals surface area (Å²) in [7, 11) is 1.63. The van der Waals surface area contributed by atoms with Gasteiger partial charge in [0.15, 0.2) is 0 Å². The molecule has 0 radical (unpaired) electrons. The predicted octanol–water partition coefficient (Wildman–Crippen LogP) is 4.52. The third-order valence-corrected chi connectivity index (χ3v) is 4.90. The summed E-state index contributed by atoms with van der Waals surface area (Å²) in [4.78, 5) is 20.3. The Kier molecular flexibility index (Phi) is 4.28. The van der Waals surface area contributed by atoms with Crippen molar-refractivity contribution < 1.29 is 9.53 Å². The molecule has 0 aliphatic rings. The van der Waals surface area contributed by atoms with Crippen LogP contribution in [0.3, 0.4) is 0 Å². The van der Waals surface area contributed by atoms with Crippen molar-refractivity contribution in [3.8, 4) is 5.75 Å². The molecule has 0 saturated carbocycles. The fourth-order valence-corrected chi connectivity index (χ4v) is 3.44. The van der Waals surface area contributed by atoms with Crippen LogP contribution >= 0.6 is 0 Å². The molecular formula is C22H21N3O2. The average Bonchev–Trinajstić information content (AvgIpc) is 3.06. The van der Waals surface area contributed by atoms with Crippen LogP contribution in [0.25, 0.3) is 21.8 Å². The zero-order chi connectivity index (χ0) is 19.0. The van der Waals surface area contributed by atoms with Crippen LogP contribution in [0.5, 0.6) is 5.75 Å². The van der Waals surface area contributed by atoms with Crippen LogP contribution in [-0.2, 0) is 0 Å². The minimum Gasteiger partial charge on any atom is -0.497 e. The van der Waals surface area contributed by atoms with Gasteiger partial charge in [-0.15, -0.1) is 0 Å². The highest BCUT2D eigenvalue weighted by molar-refractivity contribution is 6.10. The van der Waals surface area contributed by atoms with E-state index in [-0.39, 0.29) is 11.9 Å². The number of hydrogen-bond acceptors (Lipinski definition) is 3. The van der Waals surface area contributed by atoms with E-state index in [1.807, 2.05) is 68.7 Å². The van der Waals surface area contributed by atoms with Crippen molar-refractivity contribution in [1.82, 2.24) is 15.3 Å². The summed E-state index contributed by atoms with van der Waals surface area (Å²) < 4.78 is 5.26. The molecule has 4 rings (SSSR count). The molecule has 0 fully saturated rings. The normalized spacial score (nSPS) is 12.3. The second-order valence-electron chi connectivity index (χ2n) is 6.74. The Bertz CT molecular complexity index is 1150. The standard InChI is InChI=1S/C22H21N3O2/c1-13-11-23-12-20-21(13)18-8-7-16(10-19(18)25-20)22(26)24-14(2)15-5-4-6-17(9-15)27-3/h4-12,14,25H,1-3H3,(H,24,26)/t14-/m1/s1. The Morgan fingerprint density at radius 2 is 2.00 bits per heavy atom. The lowest BCUT2D eigenvalue weighted by atomic mass is 10.1. The van der Waals surface area contributed by atoms with Gasteiger partial charge >= 0.3 is 0 Å². The Balaban J connectivity index is 1.62. The van der Waals surface area contributed by atoms with E-state index in [0.29, 0.717) is 5.56 Å². The maximum Gasteiger partial charge on any atom is 0.251 e. The van der Waals surface area contributed by atoms with E-state index in [4.69, 9.17) is 4.74 Å². The molecular weight excluding hydrogens is 338 g/mol. The minimum absolute atomic E-state index is 0.110. The first-order chi connectivity index (χ1) is 13.1. The van der Waals surface area contributed by atoms with Gasteiger partial charge in [0.1, 0.15) is 5.75 Å². The van der Waals surface area contributed by atoms with Crippen LogP contribution in [0.2, 0.25) is 0 Å². The number of nitrogens with one attached hydrogen (secondary N) is 2. The van der Waals surface area contributed by atoms with Crippen LogP contribution in [0.4, 0.5) is 0 Å². The summed E-state index contributed by atoms with van der Waals surface area (Å²) in [5, 5.41) is 5.30. The summed E-state index contributed by atoms with van der Waals surface area (Å²) in [5.41, 5.74) is 4.64. The molecule has 0 saturated heterocycles. The molecule has 0 spiro atoms. The molecule has 27 heavy (non-hydrogen) atoms. The van der Waals surface area contributed by atoms with Crippen molar-refractivity contribution in [2.45, 2.75) is 19.9 Å². The van der Waals surface area contributed by atoms with Crippen molar-refractivity contribution in [2.75, 3.05) is 7.11 Å². The molecule has 5 heteroatoms. The number of nitrogens with zero attached hydrogens (tertiary/aromatic N) is 1. The van der Waals surface area contributed by atoms with Crippen molar-refractivity contribution >= 4 is 27.7 Å². The summed E-state index contributed by atoms with van der Waals surface area (Å²) in [6.07, 6.45) is 3.67. The SMILES string of the molecule is COc1cccc([C@@H](C)NC(=O)c2ccc3c(c2)[nH]c2cncc(C)c23)c1. The average molecular weight is 359 g/mol. The van der Waals surface area contributed by atoms with E-state index in [0.717, 1.165) is 38.7 Å². The van der Waals surface area contributed by atoms with Gasteiger partial charge in [-0.3, -0.25) is 9.78 Å². The van der Waals surface area contributed by atoms with Crippen molar-refractivity contribution in [2.24, 2.45) is 0 Å². The van der Waals surface area contributed by atoms with Crippen molar-refractivity contribution in [3.05, 3.63) is 71.5 Å². The number of carbonyl (C=O) groups excluding carboxylic acids is 1. The molecule has 2 heterocycles. The molecule has 0 bridgehead atoms. The Morgan fingerprint density at radius 1 is 1.15 bits per heavy atom. The van der Waals surface area contributed by atoms with Crippen LogP contribution in [0.15, 0.2) is 54.9 Å². The van der Waals surface area contributed by atoms with E-state index < -0.39 is 0 Å². The number of hydrogen-bond donors (Lipinski definition) is 2. The highest BCUT2D eigenvalue weighted by Gasteiger charge is 2.14. The van der Waals surface area contributed by atoms with Crippen LogP contribution < -0.4 is 10.1 Å². The van der Waals surface area contributed by atoms with Gasteiger partial charge in [0.25, 0.3) is 5.91 Å². The van der Waals surface area contributed by atoms with Gasteiger partial charge in [-0.1, -0.05) is 18.2 Å².